The summed E-state index contributed by atoms with van der Waals surface area (Å²) in [5.74, 6) is 0. The van der Waals surface area contributed by atoms with Gasteiger partial charge in [-0.25, -0.2) is 0 Å². The summed E-state index contributed by atoms with van der Waals surface area (Å²) in [4.78, 5) is 4.68. The van der Waals surface area contributed by atoms with E-state index in [1.165, 1.54) is 5.71 Å². The van der Waals surface area contributed by atoms with Gasteiger partial charge in [0, 0.05) is 18.4 Å². The molecule has 0 saturated carbocycles. The predicted octanol–water partition coefficient (Wildman–Crippen LogP) is 4.23. The molecule has 0 aliphatic rings. The lowest BCUT2D eigenvalue weighted by Gasteiger charge is -2.33. The van der Waals surface area contributed by atoms with E-state index in [2.05, 4.69) is 46.5 Å². The molecule has 0 aromatic carbocycles. The first-order chi connectivity index (χ1) is 7.52. The number of hydrogen-bond donors (Lipinski definition) is 0. The van der Waals surface area contributed by atoms with Crippen LogP contribution in [0.1, 0.15) is 67.2 Å². The van der Waals surface area contributed by atoms with Gasteiger partial charge in [-0.1, -0.05) is 27.2 Å². The maximum atomic E-state index is 6.10. The molecule has 2 heteroatoms. The normalized spacial score (nSPS) is 16.6. The third kappa shape index (κ3) is 4.65. The van der Waals surface area contributed by atoms with E-state index in [0.717, 1.165) is 32.3 Å². The molecule has 1 unspecified atom stereocenters. The highest BCUT2D eigenvalue weighted by atomic mass is 16.5. The molecule has 0 heterocycles. The molecule has 0 radical (unpaired) electrons. The van der Waals surface area contributed by atoms with E-state index >= 15 is 0 Å². The highest BCUT2D eigenvalue weighted by molar-refractivity contribution is 5.90. The first-order valence-electron chi connectivity index (χ1n) is 6.71. The number of hydrogen-bond acceptors (Lipinski definition) is 2. The summed E-state index contributed by atoms with van der Waals surface area (Å²) in [6.45, 7) is 13.8. The number of aliphatic imine (C=N–C) groups is 1. The summed E-state index contributed by atoms with van der Waals surface area (Å²) >= 11 is 0. The average molecular weight is 227 g/mol. The molecule has 0 aliphatic carbocycles. The number of ether oxygens (including phenoxy) is 1. The van der Waals surface area contributed by atoms with Crippen LogP contribution < -0.4 is 0 Å². The molecular weight excluding hydrogens is 198 g/mol. The van der Waals surface area contributed by atoms with E-state index in [9.17, 15) is 0 Å². The fourth-order valence-corrected chi connectivity index (χ4v) is 2.10. The van der Waals surface area contributed by atoms with Crippen LogP contribution in [0.4, 0.5) is 0 Å². The van der Waals surface area contributed by atoms with E-state index in [1.807, 2.05) is 0 Å². The summed E-state index contributed by atoms with van der Waals surface area (Å²) in [6, 6.07) is 0.355. The highest BCUT2D eigenvalue weighted by Gasteiger charge is 2.31. The zero-order valence-corrected chi connectivity index (χ0v) is 12.0. The summed E-state index contributed by atoms with van der Waals surface area (Å²) < 4.78 is 6.10. The van der Waals surface area contributed by atoms with Gasteiger partial charge >= 0.3 is 0 Å². The Bertz CT molecular complexity index is 211. The minimum absolute atomic E-state index is 0.116. The van der Waals surface area contributed by atoms with Gasteiger partial charge in [0.15, 0.2) is 0 Å². The van der Waals surface area contributed by atoms with Crippen molar-refractivity contribution in [1.82, 2.24) is 0 Å². The molecule has 16 heavy (non-hydrogen) atoms. The second-order valence-electron chi connectivity index (χ2n) is 4.75. The largest absolute Gasteiger partial charge is 0.369 e. The van der Waals surface area contributed by atoms with Gasteiger partial charge in [-0.15, -0.1) is 0 Å². The standard InChI is InChI=1S/C14H29NO/c1-7-10-14(9-3,16-11-8-2)13(6)15-12(4)5/h12H,7-11H2,1-6H3. The van der Waals surface area contributed by atoms with E-state index in [-0.39, 0.29) is 5.60 Å². The Kier molecular flexibility index (Phi) is 7.65. The van der Waals surface area contributed by atoms with Gasteiger partial charge < -0.3 is 4.74 Å². The van der Waals surface area contributed by atoms with E-state index in [0.29, 0.717) is 6.04 Å². The predicted molar refractivity (Wildman–Crippen MR) is 72.4 cm³/mol. The minimum Gasteiger partial charge on any atom is -0.369 e. The van der Waals surface area contributed by atoms with Crippen molar-refractivity contribution in [2.24, 2.45) is 4.99 Å². The van der Waals surface area contributed by atoms with Crippen LogP contribution in [0.5, 0.6) is 0 Å². The van der Waals surface area contributed by atoms with Crippen LogP contribution in [0.3, 0.4) is 0 Å². The molecule has 0 aromatic heterocycles. The molecule has 0 aromatic rings. The van der Waals surface area contributed by atoms with Crippen molar-refractivity contribution in [2.75, 3.05) is 6.61 Å². The fourth-order valence-electron chi connectivity index (χ4n) is 2.10. The molecule has 0 N–H and O–H groups in total. The third-order valence-electron chi connectivity index (χ3n) is 2.92. The number of rotatable bonds is 8. The maximum Gasteiger partial charge on any atom is 0.105 e. The highest BCUT2D eigenvalue weighted by Crippen LogP contribution is 2.25. The topological polar surface area (TPSA) is 21.6 Å². The van der Waals surface area contributed by atoms with Crippen LogP contribution in [-0.2, 0) is 4.74 Å². The second kappa shape index (κ2) is 7.83. The Labute approximate surface area is 101 Å². The monoisotopic (exact) mass is 227 g/mol. The van der Waals surface area contributed by atoms with Crippen LogP contribution in [0.25, 0.3) is 0 Å². The SMILES string of the molecule is CCCOC(CC)(CCC)C(C)=NC(C)C. The van der Waals surface area contributed by atoms with Crippen molar-refractivity contribution in [3.8, 4) is 0 Å². The van der Waals surface area contributed by atoms with Gasteiger partial charge in [0.05, 0.1) is 0 Å². The van der Waals surface area contributed by atoms with Crippen LogP contribution >= 0.6 is 0 Å². The van der Waals surface area contributed by atoms with E-state index in [4.69, 9.17) is 4.74 Å². The summed E-state index contributed by atoms with van der Waals surface area (Å²) in [5.41, 5.74) is 1.05. The van der Waals surface area contributed by atoms with Crippen LogP contribution in [0.2, 0.25) is 0 Å². The second-order valence-corrected chi connectivity index (χ2v) is 4.75. The first kappa shape index (κ1) is 15.6. The Morgan fingerprint density at radius 2 is 1.81 bits per heavy atom. The maximum absolute atomic E-state index is 6.10. The average Bonchev–Trinajstić information content (AvgIpc) is 2.23. The zero-order valence-electron chi connectivity index (χ0n) is 12.0. The van der Waals surface area contributed by atoms with Gasteiger partial charge in [-0.3, -0.25) is 4.99 Å². The lowest BCUT2D eigenvalue weighted by atomic mass is 9.89. The molecule has 0 aliphatic heterocycles. The van der Waals surface area contributed by atoms with Crippen molar-refractivity contribution in [1.29, 1.82) is 0 Å². The zero-order chi connectivity index (χ0) is 12.6. The Morgan fingerprint density at radius 1 is 1.19 bits per heavy atom. The number of nitrogens with zero attached hydrogens (tertiary/aromatic N) is 1. The van der Waals surface area contributed by atoms with Gasteiger partial charge in [0.2, 0.25) is 0 Å². The first-order valence-corrected chi connectivity index (χ1v) is 6.71. The van der Waals surface area contributed by atoms with E-state index < -0.39 is 0 Å². The Morgan fingerprint density at radius 3 is 2.19 bits per heavy atom. The molecular formula is C14H29NO. The van der Waals surface area contributed by atoms with Crippen molar-refractivity contribution in [2.45, 2.75) is 78.9 Å². The minimum atomic E-state index is -0.116. The van der Waals surface area contributed by atoms with Crippen molar-refractivity contribution in [3.63, 3.8) is 0 Å². The smallest absolute Gasteiger partial charge is 0.105 e. The van der Waals surface area contributed by atoms with Crippen molar-refractivity contribution >= 4 is 5.71 Å². The Hall–Kier alpha value is -0.370. The molecule has 0 spiro atoms. The fraction of sp³-hybridized carbons (Fsp3) is 0.929. The summed E-state index contributed by atoms with van der Waals surface area (Å²) in [5, 5.41) is 0. The molecule has 0 amide bonds. The van der Waals surface area contributed by atoms with Crippen LogP contribution in [0, 0.1) is 0 Å². The molecule has 1 atom stereocenters. The molecule has 0 bridgehead atoms. The Balaban J connectivity index is 4.86. The summed E-state index contributed by atoms with van der Waals surface area (Å²) in [6.07, 6.45) is 4.30. The summed E-state index contributed by atoms with van der Waals surface area (Å²) in [7, 11) is 0. The quantitative estimate of drug-likeness (QED) is 0.569. The van der Waals surface area contributed by atoms with Gasteiger partial charge in [0.1, 0.15) is 5.60 Å². The van der Waals surface area contributed by atoms with Crippen molar-refractivity contribution < 1.29 is 4.74 Å². The molecule has 2 nitrogen and oxygen atoms in total. The van der Waals surface area contributed by atoms with Crippen LogP contribution in [-0.4, -0.2) is 24.0 Å². The van der Waals surface area contributed by atoms with Crippen molar-refractivity contribution in [3.05, 3.63) is 0 Å². The molecule has 0 saturated heterocycles. The van der Waals surface area contributed by atoms with Gasteiger partial charge in [0.25, 0.3) is 0 Å². The third-order valence-corrected chi connectivity index (χ3v) is 2.92. The lowest BCUT2D eigenvalue weighted by molar-refractivity contribution is -0.00244. The molecule has 0 fully saturated rings. The van der Waals surface area contributed by atoms with Gasteiger partial charge in [-0.2, -0.15) is 0 Å². The van der Waals surface area contributed by atoms with Crippen LogP contribution in [0.15, 0.2) is 4.99 Å². The lowest BCUT2D eigenvalue weighted by Crippen LogP contribution is -2.40. The van der Waals surface area contributed by atoms with Gasteiger partial charge in [-0.05, 0) is 40.0 Å². The molecule has 0 rings (SSSR count). The van der Waals surface area contributed by atoms with E-state index in [1.54, 1.807) is 0 Å². The molecule has 96 valence electrons.